The van der Waals surface area contributed by atoms with Crippen molar-refractivity contribution in [3.63, 3.8) is 0 Å². The minimum Gasteiger partial charge on any atom is -0.382 e. The van der Waals surface area contributed by atoms with Gasteiger partial charge in [0.1, 0.15) is 5.69 Å². The number of ether oxygens (including phenoxy) is 1. The number of amides is 1. The Kier molecular flexibility index (Phi) is 4.70. The molecule has 0 bridgehead atoms. The van der Waals surface area contributed by atoms with E-state index in [1.807, 2.05) is 6.07 Å². The van der Waals surface area contributed by atoms with Gasteiger partial charge in [0, 0.05) is 31.5 Å². The van der Waals surface area contributed by atoms with E-state index in [1.54, 1.807) is 12.3 Å². The minimum absolute atomic E-state index is 0.166. The summed E-state index contributed by atoms with van der Waals surface area (Å²) >= 11 is 0. The summed E-state index contributed by atoms with van der Waals surface area (Å²) in [6.45, 7) is 6.59. The summed E-state index contributed by atoms with van der Waals surface area (Å²) in [6, 6.07) is 3.47. The van der Waals surface area contributed by atoms with Gasteiger partial charge in [-0.25, -0.2) is 0 Å². The first-order valence-corrected chi connectivity index (χ1v) is 6.52. The molecule has 0 saturated carbocycles. The lowest BCUT2D eigenvalue weighted by molar-refractivity contribution is -0.0191. The highest BCUT2D eigenvalue weighted by atomic mass is 16.5. The maximum Gasteiger partial charge on any atom is 0.267 e. The number of hydrogen-bond acceptors (Lipinski definition) is 5. The number of nitrogens with zero attached hydrogens (tertiary/aromatic N) is 2. The lowest BCUT2D eigenvalue weighted by atomic mass is 10.2. The van der Waals surface area contributed by atoms with Crippen LogP contribution in [0.1, 0.15) is 17.4 Å². The van der Waals surface area contributed by atoms with Crippen molar-refractivity contribution in [3.8, 4) is 0 Å². The maximum atomic E-state index is 11.0. The quantitative estimate of drug-likeness (QED) is 0.800. The van der Waals surface area contributed by atoms with E-state index in [2.05, 4.69) is 22.1 Å². The molecule has 2 heterocycles. The molecule has 1 saturated heterocycles. The number of anilines is 1. The van der Waals surface area contributed by atoms with Crippen molar-refractivity contribution >= 4 is 11.6 Å². The van der Waals surface area contributed by atoms with Crippen LogP contribution in [0.4, 0.5) is 5.69 Å². The minimum atomic E-state index is -0.519. The van der Waals surface area contributed by atoms with Crippen molar-refractivity contribution in [2.24, 2.45) is 5.73 Å². The Hall–Kier alpha value is -1.66. The Morgan fingerprint density at radius 3 is 3.26 bits per heavy atom. The molecule has 1 atom stereocenters. The summed E-state index contributed by atoms with van der Waals surface area (Å²) in [5.74, 6) is -0.519. The number of aromatic nitrogens is 1. The van der Waals surface area contributed by atoms with Gasteiger partial charge in [-0.2, -0.15) is 0 Å². The highest BCUT2D eigenvalue weighted by molar-refractivity contribution is 5.91. The number of hydrogen-bond donors (Lipinski definition) is 2. The zero-order chi connectivity index (χ0) is 13.7. The molecule has 0 spiro atoms. The van der Waals surface area contributed by atoms with E-state index in [-0.39, 0.29) is 11.8 Å². The Balaban J connectivity index is 1.88. The SMILES string of the molecule is CCN1CCOC(CNc2ccnc(C(N)=O)c2)C1. The summed E-state index contributed by atoms with van der Waals surface area (Å²) in [4.78, 5) is 17.3. The van der Waals surface area contributed by atoms with Gasteiger partial charge in [-0.3, -0.25) is 14.7 Å². The van der Waals surface area contributed by atoms with Crippen LogP contribution in [-0.4, -0.2) is 54.7 Å². The van der Waals surface area contributed by atoms with Gasteiger partial charge in [0.15, 0.2) is 0 Å². The Morgan fingerprint density at radius 2 is 2.53 bits per heavy atom. The molecule has 6 heteroatoms. The van der Waals surface area contributed by atoms with E-state index >= 15 is 0 Å². The van der Waals surface area contributed by atoms with Crippen LogP contribution in [0.25, 0.3) is 0 Å². The zero-order valence-corrected chi connectivity index (χ0v) is 11.1. The summed E-state index contributed by atoms with van der Waals surface area (Å²) in [5, 5.41) is 3.25. The fourth-order valence-electron chi connectivity index (χ4n) is 2.10. The molecule has 0 radical (unpaired) electrons. The molecule has 1 aliphatic heterocycles. The largest absolute Gasteiger partial charge is 0.382 e. The highest BCUT2D eigenvalue weighted by Crippen LogP contribution is 2.10. The second kappa shape index (κ2) is 6.49. The van der Waals surface area contributed by atoms with Gasteiger partial charge in [-0.05, 0) is 18.7 Å². The molecule has 3 N–H and O–H groups in total. The number of carbonyl (C=O) groups is 1. The molecule has 6 nitrogen and oxygen atoms in total. The molecule has 1 fully saturated rings. The number of carbonyl (C=O) groups excluding carboxylic acids is 1. The highest BCUT2D eigenvalue weighted by Gasteiger charge is 2.18. The third kappa shape index (κ3) is 3.90. The molecular formula is C13H20N4O2. The molecule has 1 amide bonds. The van der Waals surface area contributed by atoms with Crippen LogP contribution in [-0.2, 0) is 4.74 Å². The van der Waals surface area contributed by atoms with Crippen molar-refractivity contribution < 1.29 is 9.53 Å². The van der Waals surface area contributed by atoms with Gasteiger partial charge < -0.3 is 15.8 Å². The summed E-state index contributed by atoms with van der Waals surface area (Å²) < 4.78 is 5.70. The second-order valence-electron chi connectivity index (χ2n) is 4.56. The van der Waals surface area contributed by atoms with Crippen LogP contribution < -0.4 is 11.1 Å². The number of nitrogens with one attached hydrogen (secondary N) is 1. The van der Waals surface area contributed by atoms with Gasteiger partial charge in [0.25, 0.3) is 5.91 Å². The van der Waals surface area contributed by atoms with Crippen molar-refractivity contribution in [2.75, 3.05) is 38.1 Å². The molecule has 0 aliphatic carbocycles. The number of rotatable bonds is 5. The third-order valence-electron chi connectivity index (χ3n) is 3.22. The van der Waals surface area contributed by atoms with Gasteiger partial charge in [0.2, 0.25) is 0 Å². The molecular weight excluding hydrogens is 244 g/mol. The zero-order valence-electron chi connectivity index (χ0n) is 11.1. The van der Waals surface area contributed by atoms with Crippen LogP contribution >= 0.6 is 0 Å². The van der Waals surface area contributed by atoms with Gasteiger partial charge in [0.05, 0.1) is 12.7 Å². The molecule has 2 rings (SSSR count). The number of pyridine rings is 1. The predicted octanol–water partition coefficient (Wildman–Crippen LogP) is 0.313. The number of likely N-dealkylation sites (N-methyl/N-ethyl adjacent to an activating group) is 1. The van der Waals surface area contributed by atoms with Crippen molar-refractivity contribution in [3.05, 3.63) is 24.0 Å². The first-order chi connectivity index (χ1) is 9.19. The summed E-state index contributed by atoms with van der Waals surface area (Å²) in [6.07, 6.45) is 1.74. The fraction of sp³-hybridized carbons (Fsp3) is 0.538. The van der Waals surface area contributed by atoms with E-state index in [1.165, 1.54) is 0 Å². The number of primary amides is 1. The lowest BCUT2D eigenvalue weighted by Gasteiger charge is -2.32. The average molecular weight is 264 g/mol. The molecule has 0 aromatic carbocycles. The third-order valence-corrected chi connectivity index (χ3v) is 3.22. The van der Waals surface area contributed by atoms with Crippen LogP contribution in [0, 0.1) is 0 Å². The topological polar surface area (TPSA) is 80.5 Å². The van der Waals surface area contributed by atoms with Crippen molar-refractivity contribution in [1.29, 1.82) is 0 Å². The van der Waals surface area contributed by atoms with Gasteiger partial charge >= 0.3 is 0 Å². The van der Waals surface area contributed by atoms with E-state index in [4.69, 9.17) is 10.5 Å². The number of nitrogens with two attached hydrogens (primary N) is 1. The first kappa shape index (κ1) is 13.8. The lowest BCUT2D eigenvalue weighted by Crippen LogP contribution is -2.45. The Morgan fingerprint density at radius 1 is 1.68 bits per heavy atom. The summed E-state index contributed by atoms with van der Waals surface area (Å²) in [7, 11) is 0. The van der Waals surface area contributed by atoms with Gasteiger partial charge in [-0.15, -0.1) is 0 Å². The molecule has 19 heavy (non-hydrogen) atoms. The van der Waals surface area contributed by atoms with Crippen molar-refractivity contribution in [2.45, 2.75) is 13.0 Å². The van der Waals surface area contributed by atoms with E-state index in [9.17, 15) is 4.79 Å². The van der Waals surface area contributed by atoms with Crippen LogP contribution in [0.5, 0.6) is 0 Å². The molecule has 104 valence electrons. The second-order valence-corrected chi connectivity index (χ2v) is 4.56. The maximum absolute atomic E-state index is 11.0. The molecule has 1 aromatic rings. The Bertz CT molecular complexity index is 438. The average Bonchev–Trinajstić information content (AvgIpc) is 2.45. The van der Waals surface area contributed by atoms with E-state index < -0.39 is 5.91 Å². The predicted molar refractivity (Wildman–Crippen MR) is 73.1 cm³/mol. The van der Waals surface area contributed by atoms with E-state index in [0.717, 1.165) is 31.9 Å². The fourth-order valence-corrected chi connectivity index (χ4v) is 2.10. The van der Waals surface area contributed by atoms with Gasteiger partial charge in [-0.1, -0.05) is 6.92 Å². The smallest absolute Gasteiger partial charge is 0.267 e. The standard InChI is InChI=1S/C13H20N4O2/c1-2-17-5-6-19-11(9-17)8-16-10-3-4-15-12(7-10)13(14)18/h3-4,7,11H,2,5-6,8-9H2,1H3,(H2,14,18)(H,15,16). The Labute approximate surface area is 112 Å². The first-order valence-electron chi connectivity index (χ1n) is 6.52. The molecule has 1 unspecified atom stereocenters. The molecule has 1 aromatic heterocycles. The monoisotopic (exact) mass is 264 g/mol. The van der Waals surface area contributed by atoms with Crippen LogP contribution in [0.15, 0.2) is 18.3 Å². The molecule has 1 aliphatic rings. The number of morpholine rings is 1. The van der Waals surface area contributed by atoms with E-state index in [0.29, 0.717) is 6.54 Å². The summed E-state index contributed by atoms with van der Waals surface area (Å²) in [5.41, 5.74) is 6.30. The van der Waals surface area contributed by atoms with Crippen LogP contribution in [0.3, 0.4) is 0 Å². The van der Waals surface area contributed by atoms with Crippen molar-refractivity contribution in [1.82, 2.24) is 9.88 Å². The van der Waals surface area contributed by atoms with Crippen LogP contribution in [0.2, 0.25) is 0 Å². The normalized spacial score (nSPS) is 20.2.